The number of ether oxygens (including phenoxy) is 1. The van der Waals surface area contributed by atoms with Crippen molar-refractivity contribution >= 4 is 46.3 Å². The fraction of sp³-hybridized carbons (Fsp3) is 0.706. The van der Waals surface area contributed by atoms with Crippen molar-refractivity contribution in [2.24, 2.45) is 4.99 Å². The van der Waals surface area contributed by atoms with Crippen LogP contribution in [0.5, 0.6) is 0 Å². The summed E-state index contributed by atoms with van der Waals surface area (Å²) in [6, 6.07) is 4.56. The number of hydrogen-bond donors (Lipinski definition) is 2. The Morgan fingerprint density at radius 3 is 2.70 bits per heavy atom. The van der Waals surface area contributed by atoms with Crippen LogP contribution in [0.1, 0.15) is 26.2 Å². The van der Waals surface area contributed by atoms with Crippen LogP contribution in [-0.4, -0.2) is 57.6 Å². The van der Waals surface area contributed by atoms with E-state index < -0.39 is 12.8 Å². The molecule has 1 aromatic rings. The van der Waals surface area contributed by atoms with Gasteiger partial charge in [-0.15, -0.1) is 35.3 Å². The van der Waals surface area contributed by atoms with Crippen molar-refractivity contribution in [2.75, 3.05) is 44.3 Å². The van der Waals surface area contributed by atoms with E-state index in [1.54, 1.807) is 11.3 Å². The predicted molar refractivity (Wildman–Crippen MR) is 116 cm³/mol. The fourth-order valence-electron chi connectivity index (χ4n) is 2.75. The summed E-state index contributed by atoms with van der Waals surface area (Å²) in [5.74, 6) is 0.720. The minimum absolute atomic E-state index is 0. The SMILES string of the molecule is CCNC(=NCCCOCC(F)(F)F)NC1CCN(c2cccs2)CC1.I. The molecule has 5 nitrogen and oxygen atoms in total. The molecule has 0 bridgehead atoms. The van der Waals surface area contributed by atoms with Crippen molar-refractivity contribution in [3.63, 3.8) is 0 Å². The molecule has 1 saturated heterocycles. The molecule has 2 heterocycles. The highest BCUT2D eigenvalue weighted by Crippen LogP contribution is 2.24. The van der Waals surface area contributed by atoms with Crippen LogP contribution >= 0.6 is 35.3 Å². The van der Waals surface area contributed by atoms with E-state index in [9.17, 15) is 13.2 Å². The molecule has 27 heavy (non-hydrogen) atoms. The van der Waals surface area contributed by atoms with Crippen LogP contribution in [-0.2, 0) is 4.74 Å². The highest BCUT2D eigenvalue weighted by Gasteiger charge is 2.27. The van der Waals surface area contributed by atoms with Gasteiger partial charge in [0.05, 0.1) is 5.00 Å². The molecule has 1 fully saturated rings. The van der Waals surface area contributed by atoms with Gasteiger partial charge in [0.25, 0.3) is 0 Å². The molecule has 0 aromatic carbocycles. The predicted octanol–water partition coefficient (Wildman–Crippen LogP) is 3.86. The first-order chi connectivity index (χ1) is 12.5. The molecule has 0 spiro atoms. The van der Waals surface area contributed by atoms with Gasteiger partial charge in [0, 0.05) is 38.8 Å². The molecule has 2 rings (SSSR count). The number of nitrogens with one attached hydrogen (secondary N) is 2. The number of nitrogens with zero attached hydrogens (tertiary/aromatic N) is 2. The minimum Gasteiger partial charge on any atom is -0.372 e. The van der Waals surface area contributed by atoms with E-state index in [2.05, 4.69) is 42.8 Å². The van der Waals surface area contributed by atoms with E-state index >= 15 is 0 Å². The van der Waals surface area contributed by atoms with Gasteiger partial charge in [-0.25, -0.2) is 0 Å². The molecule has 1 aromatic heterocycles. The Morgan fingerprint density at radius 2 is 2.11 bits per heavy atom. The molecule has 1 aliphatic rings. The molecule has 10 heteroatoms. The number of alkyl halides is 3. The van der Waals surface area contributed by atoms with Crippen molar-refractivity contribution in [1.29, 1.82) is 0 Å². The van der Waals surface area contributed by atoms with Crippen LogP contribution in [0.25, 0.3) is 0 Å². The third kappa shape index (κ3) is 9.84. The van der Waals surface area contributed by atoms with Gasteiger partial charge < -0.3 is 20.3 Å². The normalized spacial score (nSPS) is 16.1. The second kappa shape index (κ2) is 12.7. The molecule has 0 aliphatic carbocycles. The summed E-state index contributed by atoms with van der Waals surface area (Å²) in [7, 11) is 0. The van der Waals surface area contributed by atoms with Crippen molar-refractivity contribution in [2.45, 2.75) is 38.4 Å². The van der Waals surface area contributed by atoms with Crippen molar-refractivity contribution in [1.82, 2.24) is 10.6 Å². The molecular weight excluding hydrogens is 492 g/mol. The van der Waals surface area contributed by atoms with Crippen LogP contribution in [0.2, 0.25) is 0 Å². The Hall–Kier alpha value is -0.750. The quantitative estimate of drug-likeness (QED) is 0.237. The summed E-state index contributed by atoms with van der Waals surface area (Å²) in [6.07, 6.45) is -1.75. The molecule has 0 saturated carbocycles. The second-order valence-corrected chi connectivity index (χ2v) is 7.07. The Balaban J connectivity index is 0.00000364. The zero-order valence-corrected chi connectivity index (χ0v) is 18.6. The second-order valence-electron chi connectivity index (χ2n) is 6.14. The van der Waals surface area contributed by atoms with Gasteiger partial charge >= 0.3 is 6.18 Å². The Bertz CT molecular complexity index is 535. The summed E-state index contributed by atoms with van der Waals surface area (Å²) in [6.45, 7) is 4.03. The van der Waals surface area contributed by atoms with E-state index in [0.29, 0.717) is 19.0 Å². The third-order valence-corrected chi connectivity index (χ3v) is 4.91. The molecule has 156 valence electrons. The summed E-state index contributed by atoms with van der Waals surface area (Å²) in [4.78, 5) is 6.83. The average Bonchev–Trinajstić information content (AvgIpc) is 3.12. The van der Waals surface area contributed by atoms with Crippen LogP contribution in [0.4, 0.5) is 18.2 Å². The highest BCUT2D eigenvalue weighted by atomic mass is 127. The maximum Gasteiger partial charge on any atom is 0.411 e. The fourth-order valence-corrected chi connectivity index (χ4v) is 3.54. The van der Waals surface area contributed by atoms with Crippen LogP contribution in [0, 0.1) is 0 Å². The number of thiophene rings is 1. The van der Waals surface area contributed by atoms with Crippen molar-refractivity contribution in [3.8, 4) is 0 Å². The molecule has 0 unspecified atom stereocenters. The monoisotopic (exact) mass is 520 g/mol. The van der Waals surface area contributed by atoms with E-state index in [4.69, 9.17) is 0 Å². The Kier molecular flexibility index (Phi) is 11.4. The average molecular weight is 520 g/mol. The summed E-state index contributed by atoms with van der Waals surface area (Å²) in [5.41, 5.74) is 0. The van der Waals surface area contributed by atoms with Gasteiger partial charge in [-0.1, -0.05) is 0 Å². The number of piperidine rings is 1. The van der Waals surface area contributed by atoms with Gasteiger partial charge in [-0.3, -0.25) is 4.99 Å². The first-order valence-electron chi connectivity index (χ1n) is 8.95. The first kappa shape index (κ1) is 24.3. The molecular formula is C17H28F3IN4OS. The topological polar surface area (TPSA) is 48.9 Å². The van der Waals surface area contributed by atoms with Gasteiger partial charge in [-0.2, -0.15) is 13.2 Å². The zero-order valence-electron chi connectivity index (χ0n) is 15.4. The van der Waals surface area contributed by atoms with E-state index in [1.165, 1.54) is 5.00 Å². The lowest BCUT2D eigenvalue weighted by molar-refractivity contribution is -0.173. The molecule has 0 atom stereocenters. The minimum atomic E-state index is -4.27. The first-order valence-corrected chi connectivity index (χ1v) is 9.83. The zero-order chi connectivity index (χ0) is 18.8. The van der Waals surface area contributed by atoms with Crippen LogP contribution in [0.15, 0.2) is 22.5 Å². The number of anilines is 1. The van der Waals surface area contributed by atoms with Gasteiger partial charge in [0.15, 0.2) is 5.96 Å². The molecule has 1 aliphatic heterocycles. The standard InChI is InChI=1S/C17H27F3N4OS.HI/c1-2-21-16(22-8-4-11-25-13-17(18,19)20)23-14-6-9-24(10-7-14)15-5-3-12-26-15;/h3,5,12,14H,2,4,6-11,13H2,1H3,(H2,21,22,23);1H. The van der Waals surface area contributed by atoms with Gasteiger partial charge in [0.1, 0.15) is 6.61 Å². The van der Waals surface area contributed by atoms with Crippen LogP contribution < -0.4 is 15.5 Å². The number of rotatable bonds is 8. The van der Waals surface area contributed by atoms with Crippen LogP contribution in [0.3, 0.4) is 0 Å². The summed E-state index contributed by atoms with van der Waals surface area (Å²) < 4.78 is 40.6. The van der Waals surface area contributed by atoms with Crippen molar-refractivity contribution < 1.29 is 17.9 Å². The van der Waals surface area contributed by atoms with E-state index in [1.807, 2.05) is 6.92 Å². The van der Waals surface area contributed by atoms with Gasteiger partial charge in [0.2, 0.25) is 0 Å². The number of halogens is 4. The Morgan fingerprint density at radius 1 is 1.37 bits per heavy atom. The maximum atomic E-state index is 12.0. The van der Waals surface area contributed by atoms with E-state index in [-0.39, 0.29) is 30.6 Å². The van der Waals surface area contributed by atoms with E-state index in [0.717, 1.165) is 38.4 Å². The summed E-state index contributed by atoms with van der Waals surface area (Å²) >= 11 is 1.76. The maximum absolute atomic E-state index is 12.0. The third-order valence-electron chi connectivity index (χ3n) is 3.98. The Labute approximate surface area is 179 Å². The van der Waals surface area contributed by atoms with Crippen molar-refractivity contribution in [3.05, 3.63) is 17.5 Å². The number of guanidine groups is 1. The lowest BCUT2D eigenvalue weighted by atomic mass is 10.1. The highest BCUT2D eigenvalue weighted by molar-refractivity contribution is 14.0. The van der Waals surface area contributed by atoms with Gasteiger partial charge in [-0.05, 0) is 43.7 Å². The lowest BCUT2D eigenvalue weighted by Gasteiger charge is -2.33. The largest absolute Gasteiger partial charge is 0.411 e. The molecule has 0 radical (unpaired) electrons. The number of hydrogen-bond acceptors (Lipinski definition) is 4. The molecule has 2 N–H and O–H groups in total. The lowest BCUT2D eigenvalue weighted by Crippen LogP contribution is -2.48. The summed E-state index contributed by atoms with van der Waals surface area (Å²) in [5, 5.41) is 10.0. The number of aliphatic imine (C=N–C) groups is 1. The smallest absolute Gasteiger partial charge is 0.372 e. The molecule has 0 amide bonds.